The topological polar surface area (TPSA) is 49.8 Å². The Morgan fingerprint density at radius 2 is 1.81 bits per heavy atom. The lowest BCUT2D eigenvalue weighted by atomic mass is 9.86. The van der Waals surface area contributed by atoms with Crippen LogP contribution in [0.3, 0.4) is 0 Å². The van der Waals surface area contributed by atoms with E-state index in [2.05, 4.69) is 0 Å². The first-order valence-corrected chi connectivity index (χ1v) is 7.91. The Morgan fingerprint density at radius 3 is 2.52 bits per heavy atom. The minimum absolute atomic E-state index is 0.101. The van der Waals surface area contributed by atoms with Crippen molar-refractivity contribution in [3.05, 3.63) is 30.3 Å². The summed E-state index contributed by atoms with van der Waals surface area (Å²) < 4.78 is 5.93. The highest BCUT2D eigenvalue weighted by Crippen LogP contribution is 2.28. The van der Waals surface area contributed by atoms with Crippen molar-refractivity contribution < 1.29 is 14.6 Å². The van der Waals surface area contributed by atoms with E-state index in [1.807, 2.05) is 35.2 Å². The molecule has 0 spiro atoms. The Hall–Kier alpha value is -1.55. The first kappa shape index (κ1) is 14.4. The average Bonchev–Trinajstić information content (AvgIpc) is 2.97. The average molecular weight is 289 g/mol. The third kappa shape index (κ3) is 3.56. The van der Waals surface area contributed by atoms with Gasteiger partial charge in [0.1, 0.15) is 11.9 Å². The number of carbonyl (C=O) groups excluding carboxylic acids is 1. The highest BCUT2D eigenvalue weighted by molar-refractivity contribution is 5.79. The van der Waals surface area contributed by atoms with Gasteiger partial charge in [-0.25, -0.2) is 0 Å². The molecule has 1 amide bonds. The predicted octanol–water partition coefficient (Wildman–Crippen LogP) is 2.22. The Bertz CT molecular complexity index is 468. The number of benzene rings is 1. The first-order valence-electron chi connectivity index (χ1n) is 7.91. The molecule has 21 heavy (non-hydrogen) atoms. The first-order chi connectivity index (χ1) is 10.2. The fourth-order valence-corrected chi connectivity index (χ4v) is 3.30. The second-order valence-corrected chi connectivity index (χ2v) is 6.13. The highest BCUT2D eigenvalue weighted by Gasteiger charge is 2.33. The molecule has 1 aromatic rings. The van der Waals surface area contributed by atoms with E-state index in [4.69, 9.17) is 4.74 Å². The van der Waals surface area contributed by atoms with Crippen molar-refractivity contribution in [2.75, 3.05) is 13.1 Å². The molecule has 1 aromatic carbocycles. The Kier molecular flexibility index (Phi) is 4.44. The van der Waals surface area contributed by atoms with Gasteiger partial charge in [0.25, 0.3) is 0 Å². The van der Waals surface area contributed by atoms with Gasteiger partial charge in [-0.3, -0.25) is 4.79 Å². The zero-order valence-corrected chi connectivity index (χ0v) is 12.3. The third-order valence-corrected chi connectivity index (χ3v) is 4.55. The molecule has 0 unspecified atom stereocenters. The van der Waals surface area contributed by atoms with Crippen molar-refractivity contribution >= 4 is 5.91 Å². The zero-order valence-electron chi connectivity index (χ0n) is 12.3. The Balaban J connectivity index is 1.51. The lowest BCUT2D eigenvalue weighted by Gasteiger charge is -2.28. The molecule has 1 N–H and O–H groups in total. The summed E-state index contributed by atoms with van der Waals surface area (Å²) in [6.07, 6.45) is 3.95. The van der Waals surface area contributed by atoms with E-state index in [0.29, 0.717) is 6.54 Å². The largest absolute Gasteiger partial charge is 0.489 e. The fraction of sp³-hybridized carbons (Fsp3) is 0.588. The second-order valence-electron chi connectivity index (χ2n) is 6.13. The Labute approximate surface area is 125 Å². The van der Waals surface area contributed by atoms with Crippen LogP contribution in [0.1, 0.15) is 32.1 Å². The SMILES string of the molecule is O=C(C1CCC(O)CC1)N1CC[C@H](Oc2ccccc2)C1. The van der Waals surface area contributed by atoms with Crippen LogP contribution < -0.4 is 4.74 Å². The summed E-state index contributed by atoms with van der Waals surface area (Å²) in [5, 5.41) is 9.54. The molecule has 1 saturated heterocycles. The van der Waals surface area contributed by atoms with Gasteiger partial charge in [-0.1, -0.05) is 18.2 Å². The number of aliphatic hydroxyl groups excluding tert-OH is 1. The molecule has 3 rings (SSSR count). The summed E-state index contributed by atoms with van der Waals surface area (Å²) in [6, 6.07) is 9.79. The van der Waals surface area contributed by atoms with Crippen LogP contribution >= 0.6 is 0 Å². The molecule has 1 heterocycles. The number of rotatable bonds is 3. The molecule has 0 radical (unpaired) electrons. The fourth-order valence-electron chi connectivity index (χ4n) is 3.30. The van der Waals surface area contributed by atoms with E-state index in [1.165, 1.54) is 0 Å². The number of likely N-dealkylation sites (tertiary alicyclic amines) is 1. The van der Waals surface area contributed by atoms with Crippen LogP contribution in [-0.2, 0) is 4.79 Å². The van der Waals surface area contributed by atoms with Gasteiger partial charge in [0.2, 0.25) is 5.91 Å². The maximum absolute atomic E-state index is 12.5. The van der Waals surface area contributed by atoms with E-state index in [0.717, 1.165) is 44.4 Å². The lowest BCUT2D eigenvalue weighted by molar-refractivity contribution is -0.136. The van der Waals surface area contributed by atoms with Crippen LogP contribution in [0.2, 0.25) is 0 Å². The standard InChI is InChI=1S/C17H23NO3/c19-14-8-6-13(7-9-14)17(20)18-11-10-16(12-18)21-15-4-2-1-3-5-15/h1-5,13-14,16,19H,6-12H2/t13?,14?,16-/m0/s1. The van der Waals surface area contributed by atoms with Gasteiger partial charge in [0.15, 0.2) is 0 Å². The van der Waals surface area contributed by atoms with Crippen molar-refractivity contribution in [3.8, 4) is 5.75 Å². The molecule has 1 aliphatic carbocycles. The summed E-state index contributed by atoms with van der Waals surface area (Å²) in [6.45, 7) is 1.47. The van der Waals surface area contributed by atoms with Gasteiger partial charge in [-0.05, 0) is 37.8 Å². The van der Waals surface area contributed by atoms with Gasteiger partial charge in [0.05, 0.1) is 12.6 Å². The quantitative estimate of drug-likeness (QED) is 0.928. The predicted molar refractivity (Wildman–Crippen MR) is 80.0 cm³/mol. The van der Waals surface area contributed by atoms with E-state index in [-0.39, 0.29) is 24.0 Å². The van der Waals surface area contributed by atoms with Crippen molar-refractivity contribution in [2.24, 2.45) is 5.92 Å². The molecule has 4 heteroatoms. The maximum Gasteiger partial charge on any atom is 0.225 e. The van der Waals surface area contributed by atoms with Crippen LogP contribution in [0.4, 0.5) is 0 Å². The van der Waals surface area contributed by atoms with Crippen LogP contribution in [-0.4, -0.2) is 41.2 Å². The molecular formula is C17H23NO3. The van der Waals surface area contributed by atoms with Crippen LogP contribution in [0.15, 0.2) is 30.3 Å². The zero-order chi connectivity index (χ0) is 14.7. The second kappa shape index (κ2) is 6.48. The number of amides is 1. The summed E-state index contributed by atoms with van der Waals surface area (Å²) in [5.74, 6) is 1.22. The van der Waals surface area contributed by atoms with Gasteiger partial charge >= 0.3 is 0 Å². The van der Waals surface area contributed by atoms with Crippen LogP contribution in [0, 0.1) is 5.92 Å². The van der Waals surface area contributed by atoms with Crippen molar-refractivity contribution in [1.82, 2.24) is 4.90 Å². The van der Waals surface area contributed by atoms with Crippen molar-refractivity contribution in [3.63, 3.8) is 0 Å². The number of carbonyl (C=O) groups is 1. The molecule has 2 aliphatic rings. The van der Waals surface area contributed by atoms with Gasteiger partial charge < -0.3 is 14.7 Å². The van der Waals surface area contributed by atoms with Gasteiger partial charge in [-0.15, -0.1) is 0 Å². The number of para-hydroxylation sites is 1. The molecular weight excluding hydrogens is 266 g/mol. The minimum atomic E-state index is -0.207. The summed E-state index contributed by atoms with van der Waals surface area (Å²) >= 11 is 0. The monoisotopic (exact) mass is 289 g/mol. The molecule has 0 aromatic heterocycles. The molecule has 0 bridgehead atoms. The van der Waals surface area contributed by atoms with E-state index in [1.54, 1.807) is 0 Å². The lowest BCUT2D eigenvalue weighted by Crippen LogP contribution is -2.37. The summed E-state index contributed by atoms with van der Waals surface area (Å²) in [7, 11) is 0. The summed E-state index contributed by atoms with van der Waals surface area (Å²) in [4.78, 5) is 14.4. The highest BCUT2D eigenvalue weighted by atomic mass is 16.5. The molecule has 114 valence electrons. The molecule has 2 fully saturated rings. The number of hydrogen-bond acceptors (Lipinski definition) is 3. The van der Waals surface area contributed by atoms with Gasteiger partial charge in [0, 0.05) is 18.9 Å². The molecule has 1 aliphatic heterocycles. The van der Waals surface area contributed by atoms with Crippen molar-refractivity contribution in [2.45, 2.75) is 44.3 Å². The van der Waals surface area contributed by atoms with E-state index >= 15 is 0 Å². The Morgan fingerprint density at radius 1 is 1.10 bits per heavy atom. The smallest absolute Gasteiger partial charge is 0.225 e. The maximum atomic E-state index is 12.5. The number of nitrogens with zero attached hydrogens (tertiary/aromatic N) is 1. The van der Waals surface area contributed by atoms with E-state index < -0.39 is 0 Å². The number of hydrogen-bond donors (Lipinski definition) is 1. The number of ether oxygens (including phenoxy) is 1. The number of aliphatic hydroxyl groups is 1. The molecule has 1 atom stereocenters. The summed E-state index contributed by atoms with van der Waals surface area (Å²) in [5.41, 5.74) is 0. The third-order valence-electron chi connectivity index (χ3n) is 4.55. The van der Waals surface area contributed by atoms with Gasteiger partial charge in [-0.2, -0.15) is 0 Å². The molecule has 1 saturated carbocycles. The van der Waals surface area contributed by atoms with E-state index in [9.17, 15) is 9.90 Å². The minimum Gasteiger partial charge on any atom is -0.489 e. The van der Waals surface area contributed by atoms with Crippen LogP contribution in [0.5, 0.6) is 5.75 Å². The van der Waals surface area contributed by atoms with Crippen molar-refractivity contribution in [1.29, 1.82) is 0 Å². The van der Waals surface area contributed by atoms with Crippen LogP contribution in [0.25, 0.3) is 0 Å². The normalized spacial score (nSPS) is 29.4. The molecule has 4 nitrogen and oxygen atoms in total.